The smallest absolute Gasteiger partial charge is 0.0496 e. The molecular weight excluding hydrogens is 234 g/mol. The van der Waals surface area contributed by atoms with Crippen molar-refractivity contribution in [2.75, 3.05) is 26.8 Å². The highest BCUT2D eigenvalue weighted by Crippen LogP contribution is 2.35. The SMILES string of the molecule is CCCNCC(CC)(c1ccccc1)C(C)COC. The lowest BCUT2D eigenvalue weighted by Gasteiger charge is -2.39. The Morgan fingerprint density at radius 3 is 2.42 bits per heavy atom. The van der Waals surface area contributed by atoms with Crippen LogP contribution in [-0.2, 0) is 10.2 Å². The van der Waals surface area contributed by atoms with E-state index in [4.69, 9.17) is 4.74 Å². The second-order valence-corrected chi connectivity index (χ2v) is 5.41. The van der Waals surface area contributed by atoms with Crippen LogP contribution in [0.4, 0.5) is 0 Å². The van der Waals surface area contributed by atoms with Gasteiger partial charge in [-0.1, -0.05) is 51.1 Å². The zero-order valence-electron chi connectivity index (χ0n) is 12.9. The van der Waals surface area contributed by atoms with E-state index in [2.05, 4.69) is 56.4 Å². The lowest BCUT2D eigenvalue weighted by atomic mass is 9.69. The Kier molecular flexibility index (Phi) is 7.11. The summed E-state index contributed by atoms with van der Waals surface area (Å²) in [5.74, 6) is 0.495. The summed E-state index contributed by atoms with van der Waals surface area (Å²) in [7, 11) is 1.79. The van der Waals surface area contributed by atoms with Crippen LogP contribution in [0.1, 0.15) is 39.2 Å². The van der Waals surface area contributed by atoms with Gasteiger partial charge in [-0.15, -0.1) is 0 Å². The molecule has 2 unspecified atom stereocenters. The molecule has 0 amide bonds. The molecule has 0 bridgehead atoms. The fourth-order valence-electron chi connectivity index (χ4n) is 2.91. The highest BCUT2D eigenvalue weighted by Gasteiger charge is 2.35. The topological polar surface area (TPSA) is 21.3 Å². The van der Waals surface area contributed by atoms with Gasteiger partial charge in [-0.05, 0) is 30.9 Å². The maximum absolute atomic E-state index is 5.41. The fraction of sp³-hybridized carbons (Fsp3) is 0.647. The van der Waals surface area contributed by atoms with E-state index in [0.29, 0.717) is 5.92 Å². The molecule has 1 rings (SSSR count). The summed E-state index contributed by atoms with van der Waals surface area (Å²) in [5.41, 5.74) is 1.58. The van der Waals surface area contributed by atoms with E-state index in [0.717, 1.165) is 26.1 Å². The summed E-state index contributed by atoms with van der Waals surface area (Å²) in [4.78, 5) is 0. The van der Waals surface area contributed by atoms with Crippen LogP contribution in [-0.4, -0.2) is 26.8 Å². The van der Waals surface area contributed by atoms with Crippen LogP contribution < -0.4 is 5.32 Å². The summed E-state index contributed by atoms with van der Waals surface area (Å²) in [5, 5.41) is 3.61. The van der Waals surface area contributed by atoms with Gasteiger partial charge in [0.05, 0.1) is 0 Å². The van der Waals surface area contributed by atoms with E-state index in [9.17, 15) is 0 Å². The van der Waals surface area contributed by atoms with Crippen LogP contribution >= 0.6 is 0 Å². The summed E-state index contributed by atoms with van der Waals surface area (Å²) < 4.78 is 5.41. The molecule has 0 aliphatic rings. The third kappa shape index (κ3) is 4.05. The van der Waals surface area contributed by atoms with Crippen molar-refractivity contribution in [3.05, 3.63) is 35.9 Å². The summed E-state index contributed by atoms with van der Waals surface area (Å²) in [6.45, 7) is 9.69. The number of nitrogens with one attached hydrogen (secondary N) is 1. The Balaban J connectivity index is 2.99. The zero-order chi connectivity index (χ0) is 14.1. The third-order valence-corrected chi connectivity index (χ3v) is 4.21. The van der Waals surface area contributed by atoms with Gasteiger partial charge in [0.2, 0.25) is 0 Å². The van der Waals surface area contributed by atoms with E-state index >= 15 is 0 Å². The van der Waals surface area contributed by atoms with Crippen LogP contribution in [0.3, 0.4) is 0 Å². The maximum atomic E-state index is 5.41. The van der Waals surface area contributed by atoms with Crippen molar-refractivity contribution in [3.8, 4) is 0 Å². The van der Waals surface area contributed by atoms with E-state index in [1.165, 1.54) is 12.0 Å². The lowest BCUT2D eigenvalue weighted by Crippen LogP contribution is -2.44. The molecule has 1 N–H and O–H groups in total. The van der Waals surface area contributed by atoms with Crippen molar-refractivity contribution in [1.82, 2.24) is 5.32 Å². The summed E-state index contributed by atoms with van der Waals surface area (Å²) >= 11 is 0. The molecule has 0 aromatic heterocycles. The molecule has 108 valence electrons. The molecule has 0 aliphatic heterocycles. The number of hydrogen-bond acceptors (Lipinski definition) is 2. The molecule has 2 atom stereocenters. The minimum Gasteiger partial charge on any atom is -0.384 e. The molecular formula is C17H29NO. The Morgan fingerprint density at radius 2 is 1.89 bits per heavy atom. The van der Waals surface area contributed by atoms with Gasteiger partial charge in [0.15, 0.2) is 0 Å². The van der Waals surface area contributed by atoms with Crippen LogP contribution in [0, 0.1) is 5.92 Å². The third-order valence-electron chi connectivity index (χ3n) is 4.21. The molecule has 0 spiro atoms. The van der Waals surface area contributed by atoms with Crippen LogP contribution in [0.5, 0.6) is 0 Å². The van der Waals surface area contributed by atoms with Gasteiger partial charge in [0.25, 0.3) is 0 Å². The van der Waals surface area contributed by atoms with Gasteiger partial charge in [0, 0.05) is 25.7 Å². The first-order valence-electron chi connectivity index (χ1n) is 7.46. The first kappa shape index (κ1) is 16.2. The first-order valence-corrected chi connectivity index (χ1v) is 7.46. The molecule has 2 heteroatoms. The minimum absolute atomic E-state index is 0.159. The predicted molar refractivity (Wildman–Crippen MR) is 82.6 cm³/mol. The number of hydrogen-bond donors (Lipinski definition) is 1. The van der Waals surface area contributed by atoms with Gasteiger partial charge in [-0.25, -0.2) is 0 Å². The van der Waals surface area contributed by atoms with Crippen molar-refractivity contribution in [1.29, 1.82) is 0 Å². The van der Waals surface area contributed by atoms with Crippen LogP contribution in [0.15, 0.2) is 30.3 Å². The summed E-state index contributed by atoms with van der Waals surface area (Å²) in [6.07, 6.45) is 2.30. The van der Waals surface area contributed by atoms with E-state index in [1.54, 1.807) is 7.11 Å². The van der Waals surface area contributed by atoms with Crippen molar-refractivity contribution in [3.63, 3.8) is 0 Å². The average Bonchev–Trinajstić information content (AvgIpc) is 2.45. The van der Waals surface area contributed by atoms with Crippen molar-refractivity contribution in [2.24, 2.45) is 5.92 Å². The molecule has 0 saturated heterocycles. The molecule has 19 heavy (non-hydrogen) atoms. The van der Waals surface area contributed by atoms with E-state index in [-0.39, 0.29) is 5.41 Å². The Labute approximate surface area is 118 Å². The highest BCUT2D eigenvalue weighted by atomic mass is 16.5. The van der Waals surface area contributed by atoms with Gasteiger partial charge in [-0.2, -0.15) is 0 Å². The van der Waals surface area contributed by atoms with Gasteiger partial charge < -0.3 is 10.1 Å². The quantitative estimate of drug-likeness (QED) is 0.687. The fourth-order valence-corrected chi connectivity index (χ4v) is 2.91. The number of methoxy groups -OCH3 is 1. The second-order valence-electron chi connectivity index (χ2n) is 5.41. The van der Waals surface area contributed by atoms with E-state index in [1.807, 2.05) is 0 Å². The average molecular weight is 263 g/mol. The number of rotatable bonds is 9. The summed E-state index contributed by atoms with van der Waals surface area (Å²) in [6, 6.07) is 10.9. The zero-order valence-corrected chi connectivity index (χ0v) is 12.9. The van der Waals surface area contributed by atoms with Gasteiger partial charge >= 0.3 is 0 Å². The standard InChI is InChI=1S/C17H29NO/c1-5-12-18-14-17(6-2,15(3)13-19-4)16-10-8-7-9-11-16/h7-11,15,18H,5-6,12-14H2,1-4H3. The number of benzene rings is 1. The molecule has 0 saturated carbocycles. The van der Waals surface area contributed by atoms with Crippen molar-refractivity contribution >= 4 is 0 Å². The van der Waals surface area contributed by atoms with Crippen LogP contribution in [0.2, 0.25) is 0 Å². The normalized spacial score (nSPS) is 16.0. The first-order chi connectivity index (χ1) is 9.21. The maximum Gasteiger partial charge on any atom is 0.0496 e. The molecule has 0 radical (unpaired) electrons. The Hall–Kier alpha value is -0.860. The van der Waals surface area contributed by atoms with Crippen LogP contribution in [0.25, 0.3) is 0 Å². The molecule has 0 fully saturated rings. The Morgan fingerprint density at radius 1 is 1.21 bits per heavy atom. The molecule has 0 heterocycles. The molecule has 1 aromatic rings. The van der Waals surface area contributed by atoms with Crippen molar-refractivity contribution < 1.29 is 4.74 Å². The monoisotopic (exact) mass is 263 g/mol. The largest absolute Gasteiger partial charge is 0.384 e. The molecule has 1 aromatic carbocycles. The molecule has 2 nitrogen and oxygen atoms in total. The predicted octanol–water partition coefficient (Wildman–Crippen LogP) is 3.62. The highest BCUT2D eigenvalue weighted by molar-refractivity contribution is 5.27. The lowest BCUT2D eigenvalue weighted by molar-refractivity contribution is 0.108. The van der Waals surface area contributed by atoms with E-state index < -0.39 is 0 Å². The Bertz CT molecular complexity index is 338. The van der Waals surface area contributed by atoms with Crippen molar-refractivity contribution in [2.45, 2.75) is 39.0 Å². The number of ether oxygens (including phenoxy) is 1. The molecule has 0 aliphatic carbocycles. The second kappa shape index (κ2) is 8.34. The van der Waals surface area contributed by atoms with Gasteiger partial charge in [0.1, 0.15) is 0 Å². The van der Waals surface area contributed by atoms with Gasteiger partial charge in [-0.3, -0.25) is 0 Å². The minimum atomic E-state index is 0.159.